The number of rotatable bonds is 8. The van der Waals surface area contributed by atoms with Crippen LogP contribution >= 0.6 is 0 Å². The average molecular weight is 370 g/mol. The topological polar surface area (TPSA) is 59.4 Å². The number of likely N-dealkylation sites (tertiary alicyclic amines) is 1. The van der Waals surface area contributed by atoms with E-state index in [2.05, 4.69) is 22.1 Å². The molecule has 0 radical (unpaired) electrons. The van der Waals surface area contributed by atoms with Crippen LogP contribution in [-0.2, 0) is 13.7 Å². The molecule has 2 aromatic rings. The van der Waals surface area contributed by atoms with Gasteiger partial charge in [-0.25, -0.2) is 4.98 Å². The van der Waals surface area contributed by atoms with Gasteiger partial charge in [-0.3, -0.25) is 4.79 Å². The number of carbonyl (C=O) groups is 1. The van der Waals surface area contributed by atoms with Gasteiger partial charge in [-0.05, 0) is 57.0 Å². The van der Waals surface area contributed by atoms with Gasteiger partial charge < -0.3 is 19.5 Å². The summed E-state index contributed by atoms with van der Waals surface area (Å²) in [6.45, 7) is 5.66. The zero-order valence-corrected chi connectivity index (χ0v) is 16.4. The van der Waals surface area contributed by atoms with Crippen molar-refractivity contribution >= 4 is 5.91 Å². The Bertz CT molecular complexity index is 726. The van der Waals surface area contributed by atoms with E-state index in [1.54, 1.807) is 18.3 Å². The summed E-state index contributed by atoms with van der Waals surface area (Å²) >= 11 is 0. The Morgan fingerprint density at radius 3 is 2.81 bits per heavy atom. The second kappa shape index (κ2) is 9.55. The van der Waals surface area contributed by atoms with Crippen molar-refractivity contribution in [2.45, 2.75) is 45.3 Å². The molecule has 146 valence electrons. The van der Waals surface area contributed by atoms with Crippen LogP contribution < -0.4 is 10.1 Å². The Balaban J connectivity index is 1.39. The minimum Gasteiger partial charge on any atom is -0.486 e. The molecule has 0 unspecified atom stereocenters. The van der Waals surface area contributed by atoms with Gasteiger partial charge in [0, 0.05) is 44.1 Å². The quantitative estimate of drug-likeness (QED) is 0.726. The number of imidazole rings is 1. The molecule has 1 N–H and O–H groups in total. The molecule has 1 aliphatic rings. The molecule has 6 heteroatoms. The molecule has 1 atom stereocenters. The molecule has 1 saturated heterocycles. The average Bonchev–Trinajstić information content (AvgIpc) is 3.10. The zero-order chi connectivity index (χ0) is 19.1. The first-order valence-corrected chi connectivity index (χ1v) is 9.85. The lowest BCUT2D eigenvalue weighted by atomic mass is 10.0. The monoisotopic (exact) mass is 370 g/mol. The maximum absolute atomic E-state index is 12.3. The van der Waals surface area contributed by atoms with E-state index in [-0.39, 0.29) is 5.91 Å². The molecular weight excluding hydrogens is 340 g/mol. The molecule has 1 fully saturated rings. The van der Waals surface area contributed by atoms with Gasteiger partial charge in [0.25, 0.3) is 5.91 Å². The normalized spacial score (nSPS) is 17.6. The predicted octanol–water partition coefficient (Wildman–Crippen LogP) is 2.99. The number of carbonyl (C=O) groups excluding carboxylic acids is 1. The molecule has 2 heterocycles. The fourth-order valence-corrected chi connectivity index (χ4v) is 3.46. The number of hydrogen-bond donors (Lipinski definition) is 1. The van der Waals surface area contributed by atoms with Crippen LogP contribution in [0.15, 0.2) is 36.7 Å². The Morgan fingerprint density at radius 1 is 1.30 bits per heavy atom. The molecule has 1 aromatic heterocycles. The minimum atomic E-state index is -0.0302. The van der Waals surface area contributed by atoms with Gasteiger partial charge in [-0.15, -0.1) is 0 Å². The van der Waals surface area contributed by atoms with Gasteiger partial charge in [0.05, 0.1) is 0 Å². The molecule has 1 amide bonds. The Hall–Kier alpha value is -2.34. The molecule has 1 aliphatic heterocycles. The standard InChI is InChI=1S/C21H30N4O2/c1-17-6-3-4-13-25(17)14-5-11-23-21(26)18-7-9-19(10-8-18)27-16-20-22-12-15-24(20)2/h7-10,12,15,17H,3-6,11,13-14,16H2,1-2H3,(H,23,26)/t17-/m1/s1. The molecule has 0 saturated carbocycles. The number of amides is 1. The van der Waals surface area contributed by atoms with Crippen molar-refractivity contribution in [3.05, 3.63) is 48.0 Å². The van der Waals surface area contributed by atoms with Crippen LogP contribution in [0.4, 0.5) is 0 Å². The van der Waals surface area contributed by atoms with E-state index in [0.717, 1.165) is 24.5 Å². The summed E-state index contributed by atoms with van der Waals surface area (Å²) in [5.74, 6) is 1.56. The largest absolute Gasteiger partial charge is 0.486 e. The molecule has 3 rings (SSSR count). The van der Waals surface area contributed by atoms with Crippen LogP contribution in [0.1, 0.15) is 48.8 Å². The molecule has 6 nitrogen and oxygen atoms in total. The summed E-state index contributed by atoms with van der Waals surface area (Å²) in [5, 5.41) is 3.01. The summed E-state index contributed by atoms with van der Waals surface area (Å²) in [7, 11) is 1.94. The van der Waals surface area contributed by atoms with Crippen molar-refractivity contribution in [1.82, 2.24) is 19.8 Å². The van der Waals surface area contributed by atoms with Crippen molar-refractivity contribution in [1.29, 1.82) is 0 Å². The maximum atomic E-state index is 12.3. The highest BCUT2D eigenvalue weighted by Gasteiger charge is 2.17. The van der Waals surface area contributed by atoms with E-state index in [1.807, 2.05) is 29.9 Å². The van der Waals surface area contributed by atoms with E-state index in [0.29, 0.717) is 24.8 Å². The minimum absolute atomic E-state index is 0.0302. The zero-order valence-electron chi connectivity index (χ0n) is 16.4. The first-order valence-electron chi connectivity index (χ1n) is 9.85. The highest BCUT2D eigenvalue weighted by atomic mass is 16.5. The van der Waals surface area contributed by atoms with Crippen LogP contribution in [0, 0.1) is 0 Å². The number of benzene rings is 1. The second-order valence-corrected chi connectivity index (χ2v) is 7.26. The third-order valence-electron chi connectivity index (χ3n) is 5.25. The Labute approximate surface area is 161 Å². The predicted molar refractivity (Wildman–Crippen MR) is 106 cm³/mol. The first kappa shape index (κ1) is 19.4. The van der Waals surface area contributed by atoms with Gasteiger partial charge in [0.1, 0.15) is 18.2 Å². The molecule has 0 spiro atoms. The summed E-state index contributed by atoms with van der Waals surface area (Å²) in [4.78, 5) is 19.0. The van der Waals surface area contributed by atoms with Crippen LogP contribution in [-0.4, -0.2) is 46.0 Å². The van der Waals surface area contributed by atoms with E-state index >= 15 is 0 Å². The van der Waals surface area contributed by atoms with Crippen molar-refractivity contribution in [2.75, 3.05) is 19.6 Å². The van der Waals surface area contributed by atoms with E-state index in [9.17, 15) is 4.79 Å². The molecule has 0 aliphatic carbocycles. The number of hydrogen-bond acceptors (Lipinski definition) is 4. The number of ether oxygens (including phenoxy) is 1. The third-order valence-corrected chi connectivity index (χ3v) is 5.25. The van der Waals surface area contributed by atoms with Crippen molar-refractivity contribution in [3.8, 4) is 5.75 Å². The fourth-order valence-electron chi connectivity index (χ4n) is 3.46. The Morgan fingerprint density at radius 2 is 2.11 bits per heavy atom. The molecule has 1 aromatic carbocycles. The van der Waals surface area contributed by atoms with Crippen molar-refractivity contribution in [2.24, 2.45) is 7.05 Å². The summed E-state index contributed by atoms with van der Waals surface area (Å²) in [6, 6.07) is 7.93. The van der Waals surface area contributed by atoms with Gasteiger partial charge in [0.2, 0.25) is 0 Å². The van der Waals surface area contributed by atoms with Crippen molar-refractivity contribution in [3.63, 3.8) is 0 Å². The number of nitrogens with one attached hydrogen (secondary N) is 1. The van der Waals surface area contributed by atoms with Gasteiger partial charge >= 0.3 is 0 Å². The second-order valence-electron chi connectivity index (χ2n) is 7.26. The lowest BCUT2D eigenvalue weighted by Gasteiger charge is -2.33. The van der Waals surface area contributed by atoms with Crippen LogP contribution in [0.2, 0.25) is 0 Å². The highest BCUT2D eigenvalue weighted by Crippen LogP contribution is 2.16. The third kappa shape index (κ3) is 5.57. The maximum Gasteiger partial charge on any atom is 0.251 e. The fraction of sp³-hybridized carbons (Fsp3) is 0.524. The summed E-state index contributed by atoms with van der Waals surface area (Å²) < 4.78 is 7.64. The van der Waals surface area contributed by atoms with E-state index < -0.39 is 0 Å². The van der Waals surface area contributed by atoms with Gasteiger partial charge in [-0.1, -0.05) is 6.42 Å². The van der Waals surface area contributed by atoms with Crippen LogP contribution in [0.3, 0.4) is 0 Å². The van der Waals surface area contributed by atoms with Gasteiger partial charge in [-0.2, -0.15) is 0 Å². The lowest BCUT2D eigenvalue weighted by molar-refractivity contribution is 0.0949. The molecular formula is C21H30N4O2. The van der Waals surface area contributed by atoms with Crippen LogP contribution in [0.5, 0.6) is 5.75 Å². The number of nitrogens with zero attached hydrogens (tertiary/aromatic N) is 3. The molecule has 27 heavy (non-hydrogen) atoms. The number of piperidine rings is 1. The van der Waals surface area contributed by atoms with E-state index in [4.69, 9.17) is 4.74 Å². The van der Waals surface area contributed by atoms with Crippen LogP contribution in [0.25, 0.3) is 0 Å². The van der Waals surface area contributed by atoms with Crippen molar-refractivity contribution < 1.29 is 9.53 Å². The Kier molecular flexibility index (Phi) is 6.87. The smallest absolute Gasteiger partial charge is 0.251 e. The number of aromatic nitrogens is 2. The molecule has 0 bridgehead atoms. The summed E-state index contributed by atoms with van der Waals surface area (Å²) in [5.41, 5.74) is 0.658. The summed E-state index contributed by atoms with van der Waals surface area (Å²) in [6.07, 6.45) is 8.55. The van der Waals surface area contributed by atoms with Gasteiger partial charge in [0.15, 0.2) is 0 Å². The lowest BCUT2D eigenvalue weighted by Crippen LogP contribution is -2.39. The van der Waals surface area contributed by atoms with E-state index in [1.165, 1.54) is 25.8 Å². The number of aryl methyl sites for hydroxylation is 1. The highest BCUT2D eigenvalue weighted by molar-refractivity contribution is 5.94. The first-order chi connectivity index (χ1) is 13.1. The SMILES string of the molecule is C[C@@H]1CCCCN1CCCNC(=O)c1ccc(OCc2nccn2C)cc1.